The zero-order chi connectivity index (χ0) is 23.5. The van der Waals surface area contributed by atoms with Crippen molar-refractivity contribution in [3.63, 3.8) is 0 Å². The molecule has 2 rings (SSSR count). The second kappa shape index (κ2) is 12.8. The molecule has 0 saturated heterocycles. The fourth-order valence-electron chi connectivity index (χ4n) is 3.85. The van der Waals surface area contributed by atoms with E-state index in [1.54, 1.807) is 0 Å². The van der Waals surface area contributed by atoms with E-state index in [1.165, 1.54) is 7.11 Å². The van der Waals surface area contributed by atoms with E-state index in [-0.39, 0.29) is 35.9 Å². The highest BCUT2D eigenvalue weighted by molar-refractivity contribution is 5.92. The molecule has 0 aliphatic rings. The summed E-state index contributed by atoms with van der Waals surface area (Å²) >= 11 is 0. The number of ketones is 1. The Morgan fingerprint density at radius 3 is 1.88 bits per heavy atom. The van der Waals surface area contributed by atoms with Gasteiger partial charge in [-0.1, -0.05) is 81.4 Å². The molecule has 0 radical (unpaired) electrons. The molecule has 32 heavy (non-hydrogen) atoms. The lowest BCUT2D eigenvalue weighted by molar-refractivity contribution is -0.148. The first-order chi connectivity index (χ1) is 15.3. The minimum Gasteiger partial charge on any atom is -0.469 e. The van der Waals surface area contributed by atoms with E-state index in [4.69, 9.17) is 4.74 Å². The van der Waals surface area contributed by atoms with Crippen molar-refractivity contribution < 1.29 is 19.1 Å². The van der Waals surface area contributed by atoms with Crippen LogP contribution in [0.4, 0.5) is 0 Å². The Balaban J connectivity index is 2.14. The summed E-state index contributed by atoms with van der Waals surface area (Å²) in [4.78, 5) is 38.4. The van der Waals surface area contributed by atoms with Gasteiger partial charge < -0.3 is 10.1 Å². The van der Waals surface area contributed by atoms with Crippen molar-refractivity contribution in [2.75, 3.05) is 7.11 Å². The average Bonchev–Trinajstić information content (AvgIpc) is 2.78. The van der Waals surface area contributed by atoms with E-state index < -0.39 is 12.0 Å². The lowest BCUT2D eigenvalue weighted by atomic mass is 9.89. The molecule has 0 aliphatic heterocycles. The molecule has 0 aliphatic carbocycles. The van der Waals surface area contributed by atoms with Gasteiger partial charge in [-0.05, 0) is 36.3 Å². The molecule has 0 fully saturated rings. The molecule has 0 heterocycles. The van der Waals surface area contributed by atoms with E-state index in [0.29, 0.717) is 19.3 Å². The van der Waals surface area contributed by atoms with Crippen LogP contribution in [-0.2, 0) is 32.0 Å². The summed E-state index contributed by atoms with van der Waals surface area (Å²) in [6.45, 7) is 5.88. The predicted molar refractivity (Wildman–Crippen MR) is 126 cm³/mol. The molecule has 0 spiro atoms. The number of carbonyl (C=O) groups is 3. The molecule has 1 amide bonds. The van der Waals surface area contributed by atoms with Gasteiger partial charge in [0.15, 0.2) is 5.78 Å². The SMILES string of the molecule is COC(=O)C(CC(=O)C(Cc1ccccc1)NC(=O)C(C)Cc1ccccc1)CC(C)C. The van der Waals surface area contributed by atoms with Crippen molar-refractivity contribution in [3.8, 4) is 0 Å². The van der Waals surface area contributed by atoms with Crippen LogP contribution in [0.25, 0.3) is 0 Å². The maximum atomic E-state index is 13.3. The van der Waals surface area contributed by atoms with Crippen LogP contribution >= 0.6 is 0 Å². The molecule has 0 aromatic heterocycles. The number of carbonyl (C=O) groups excluding carboxylic acids is 3. The Morgan fingerprint density at radius 1 is 0.844 bits per heavy atom. The fourth-order valence-corrected chi connectivity index (χ4v) is 3.85. The van der Waals surface area contributed by atoms with Crippen LogP contribution in [0.5, 0.6) is 0 Å². The summed E-state index contributed by atoms with van der Waals surface area (Å²) < 4.78 is 4.92. The highest BCUT2D eigenvalue weighted by Gasteiger charge is 2.29. The monoisotopic (exact) mass is 437 g/mol. The zero-order valence-corrected chi connectivity index (χ0v) is 19.5. The number of esters is 1. The Kier molecular flexibility index (Phi) is 10.1. The highest BCUT2D eigenvalue weighted by atomic mass is 16.5. The number of methoxy groups -OCH3 is 1. The quantitative estimate of drug-likeness (QED) is 0.500. The van der Waals surface area contributed by atoms with Crippen LogP contribution in [-0.4, -0.2) is 30.8 Å². The molecule has 0 saturated carbocycles. The minimum absolute atomic E-state index is 0.0513. The summed E-state index contributed by atoms with van der Waals surface area (Å²) in [5.74, 6) is -1.24. The van der Waals surface area contributed by atoms with Gasteiger partial charge in [-0.15, -0.1) is 0 Å². The van der Waals surface area contributed by atoms with E-state index in [2.05, 4.69) is 5.32 Å². The molecule has 172 valence electrons. The van der Waals surface area contributed by atoms with Crippen LogP contribution in [0.2, 0.25) is 0 Å². The maximum Gasteiger partial charge on any atom is 0.309 e. The molecule has 0 bridgehead atoms. The van der Waals surface area contributed by atoms with Crippen molar-refractivity contribution in [2.24, 2.45) is 17.8 Å². The molecular formula is C27H35NO4. The van der Waals surface area contributed by atoms with Gasteiger partial charge in [-0.25, -0.2) is 0 Å². The van der Waals surface area contributed by atoms with Crippen LogP contribution in [0, 0.1) is 17.8 Å². The highest BCUT2D eigenvalue weighted by Crippen LogP contribution is 2.20. The number of amides is 1. The predicted octanol–water partition coefficient (Wildman–Crippen LogP) is 4.39. The molecule has 5 heteroatoms. The third kappa shape index (κ3) is 8.29. The number of Topliss-reactive ketones (excluding diaryl/α,β-unsaturated/α-hetero) is 1. The van der Waals surface area contributed by atoms with E-state index in [0.717, 1.165) is 11.1 Å². The first kappa shape index (κ1) is 25.3. The van der Waals surface area contributed by atoms with E-state index in [9.17, 15) is 14.4 Å². The first-order valence-electron chi connectivity index (χ1n) is 11.3. The number of benzene rings is 2. The first-order valence-corrected chi connectivity index (χ1v) is 11.3. The van der Waals surface area contributed by atoms with Crippen molar-refractivity contribution in [1.29, 1.82) is 0 Å². The second-order valence-corrected chi connectivity index (χ2v) is 8.86. The average molecular weight is 438 g/mol. The third-order valence-corrected chi connectivity index (χ3v) is 5.56. The topological polar surface area (TPSA) is 72.5 Å². The normalized spacial score (nSPS) is 13.8. The largest absolute Gasteiger partial charge is 0.469 e. The molecular weight excluding hydrogens is 402 g/mol. The van der Waals surface area contributed by atoms with Crippen molar-refractivity contribution in [3.05, 3.63) is 71.8 Å². The van der Waals surface area contributed by atoms with Crippen LogP contribution < -0.4 is 5.32 Å². The summed E-state index contributed by atoms with van der Waals surface area (Å²) in [6, 6.07) is 18.7. The minimum atomic E-state index is -0.692. The van der Waals surface area contributed by atoms with Crippen LogP contribution in [0.1, 0.15) is 44.7 Å². The van der Waals surface area contributed by atoms with Gasteiger partial charge in [-0.2, -0.15) is 0 Å². The third-order valence-electron chi connectivity index (χ3n) is 5.56. The lowest BCUT2D eigenvalue weighted by Crippen LogP contribution is -2.45. The van der Waals surface area contributed by atoms with E-state index in [1.807, 2.05) is 81.4 Å². The van der Waals surface area contributed by atoms with Gasteiger partial charge in [0.05, 0.1) is 19.1 Å². The molecule has 3 unspecified atom stereocenters. The Bertz CT molecular complexity index is 864. The Labute approximate surface area is 191 Å². The smallest absolute Gasteiger partial charge is 0.309 e. The second-order valence-electron chi connectivity index (χ2n) is 8.86. The maximum absolute atomic E-state index is 13.3. The number of hydrogen-bond donors (Lipinski definition) is 1. The number of hydrogen-bond acceptors (Lipinski definition) is 4. The van der Waals surface area contributed by atoms with Gasteiger partial charge in [0.25, 0.3) is 0 Å². The lowest BCUT2D eigenvalue weighted by Gasteiger charge is -2.23. The molecule has 2 aromatic rings. The van der Waals surface area contributed by atoms with Crippen LogP contribution in [0.3, 0.4) is 0 Å². The summed E-state index contributed by atoms with van der Waals surface area (Å²) in [5, 5.41) is 2.96. The molecule has 2 aromatic carbocycles. The van der Waals surface area contributed by atoms with Crippen molar-refractivity contribution in [1.82, 2.24) is 5.32 Å². The summed E-state index contributed by atoms with van der Waals surface area (Å²) in [7, 11) is 1.34. The fraction of sp³-hybridized carbons (Fsp3) is 0.444. The Morgan fingerprint density at radius 2 is 1.38 bits per heavy atom. The summed E-state index contributed by atoms with van der Waals surface area (Å²) in [6.07, 6.45) is 1.60. The number of ether oxygens (including phenoxy) is 1. The van der Waals surface area contributed by atoms with Crippen molar-refractivity contribution in [2.45, 2.75) is 52.5 Å². The van der Waals surface area contributed by atoms with Gasteiger partial charge >= 0.3 is 5.97 Å². The number of rotatable bonds is 12. The zero-order valence-electron chi connectivity index (χ0n) is 19.5. The van der Waals surface area contributed by atoms with Gasteiger partial charge in [-0.3, -0.25) is 14.4 Å². The molecule has 1 N–H and O–H groups in total. The van der Waals surface area contributed by atoms with Gasteiger partial charge in [0, 0.05) is 12.3 Å². The van der Waals surface area contributed by atoms with Gasteiger partial charge in [0.2, 0.25) is 5.91 Å². The Hall–Kier alpha value is -2.95. The van der Waals surface area contributed by atoms with E-state index >= 15 is 0 Å². The molecule has 3 atom stereocenters. The number of nitrogens with one attached hydrogen (secondary N) is 1. The van der Waals surface area contributed by atoms with Crippen LogP contribution in [0.15, 0.2) is 60.7 Å². The standard InChI is InChI=1S/C27H35NO4/c1-19(2)15-23(27(31)32-4)18-25(29)24(17-22-13-9-6-10-14-22)28-26(30)20(3)16-21-11-7-5-8-12-21/h5-14,19-20,23-24H,15-18H2,1-4H3,(H,28,30). The van der Waals surface area contributed by atoms with Crippen molar-refractivity contribution >= 4 is 17.7 Å². The van der Waals surface area contributed by atoms with Gasteiger partial charge in [0.1, 0.15) is 0 Å². The molecule has 5 nitrogen and oxygen atoms in total. The summed E-state index contributed by atoms with van der Waals surface area (Å²) in [5.41, 5.74) is 2.03.